The number of rotatable bonds is 3. The molecule has 2 rings (SSSR count). The fraction of sp³-hybridized carbons (Fsp3) is 0.364. The van der Waals surface area contributed by atoms with Crippen molar-refractivity contribution < 1.29 is 18.3 Å². The van der Waals surface area contributed by atoms with Crippen molar-refractivity contribution in [3.63, 3.8) is 0 Å². The Labute approximate surface area is 124 Å². The van der Waals surface area contributed by atoms with Gasteiger partial charge < -0.3 is 5.11 Å². The lowest BCUT2D eigenvalue weighted by molar-refractivity contribution is 0.0695. The summed E-state index contributed by atoms with van der Waals surface area (Å²) in [5.41, 5.74) is -0.0486. The summed E-state index contributed by atoms with van der Waals surface area (Å²) in [4.78, 5) is 11.1. The molecule has 104 valence electrons. The van der Waals surface area contributed by atoms with Crippen LogP contribution in [0.1, 0.15) is 10.4 Å². The molecule has 1 aromatic carbocycles. The van der Waals surface area contributed by atoms with Crippen LogP contribution in [0.3, 0.4) is 0 Å². The fourth-order valence-corrected chi connectivity index (χ4v) is 4.78. The highest BCUT2D eigenvalue weighted by Gasteiger charge is 2.27. The highest BCUT2D eigenvalue weighted by Crippen LogP contribution is 2.25. The number of hydrogen-bond acceptors (Lipinski definition) is 4. The Balaban J connectivity index is 2.40. The smallest absolute Gasteiger partial charge is 0.336 e. The fourth-order valence-electron chi connectivity index (χ4n) is 1.76. The van der Waals surface area contributed by atoms with Crippen molar-refractivity contribution in [2.45, 2.75) is 4.90 Å². The number of aromatic carboxylic acids is 1. The number of carboxylic acids is 1. The largest absolute Gasteiger partial charge is 0.478 e. The van der Waals surface area contributed by atoms with Crippen LogP contribution in [0.25, 0.3) is 0 Å². The van der Waals surface area contributed by atoms with Gasteiger partial charge in [0.15, 0.2) is 0 Å². The second-order valence-corrected chi connectivity index (χ2v) is 7.98. The SMILES string of the molecule is O=C(O)c1cc(S(=O)(=O)N2CCSCC2)ccc1Br. The molecule has 0 spiro atoms. The number of thioether (sulfide) groups is 1. The molecule has 1 aliphatic rings. The number of carboxylic acid groups (broad SMARTS) is 1. The summed E-state index contributed by atoms with van der Waals surface area (Å²) in [5.74, 6) is 0.376. The van der Waals surface area contributed by atoms with E-state index in [-0.39, 0.29) is 10.5 Å². The van der Waals surface area contributed by atoms with Gasteiger partial charge in [-0.05, 0) is 34.1 Å². The van der Waals surface area contributed by atoms with Crippen molar-refractivity contribution in [1.82, 2.24) is 4.31 Å². The van der Waals surface area contributed by atoms with Crippen molar-refractivity contribution >= 4 is 43.7 Å². The lowest BCUT2D eigenvalue weighted by Gasteiger charge is -2.25. The number of benzene rings is 1. The summed E-state index contributed by atoms with van der Waals surface area (Å²) in [6.45, 7) is 0.928. The molecule has 5 nitrogen and oxygen atoms in total. The van der Waals surface area contributed by atoms with Crippen LogP contribution in [0.4, 0.5) is 0 Å². The van der Waals surface area contributed by atoms with Gasteiger partial charge in [-0.2, -0.15) is 16.1 Å². The highest BCUT2D eigenvalue weighted by molar-refractivity contribution is 9.10. The van der Waals surface area contributed by atoms with Crippen LogP contribution in [-0.4, -0.2) is 48.4 Å². The van der Waals surface area contributed by atoms with E-state index < -0.39 is 16.0 Å². The van der Waals surface area contributed by atoms with Gasteiger partial charge in [-0.15, -0.1) is 0 Å². The molecule has 8 heteroatoms. The van der Waals surface area contributed by atoms with Crippen LogP contribution >= 0.6 is 27.7 Å². The number of hydrogen-bond donors (Lipinski definition) is 1. The Morgan fingerprint density at radius 2 is 1.95 bits per heavy atom. The van der Waals surface area contributed by atoms with Gasteiger partial charge in [0.2, 0.25) is 10.0 Å². The highest BCUT2D eigenvalue weighted by atomic mass is 79.9. The summed E-state index contributed by atoms with van der Waals surface area (Å²) >= 11 is 4.81. The van der Waals surface area contributed by atoms with E-state index in [4.69, 9.17) is 5.11 Å². The van der Waals surface area contributed by atoms with Gasteiger partial charge in [0.1, 0.15) is 0 Å². The number of sulfonamides is 1. The Hall–Kier alpha value is -0.570. The molecule has 0 bridgehead atoms. The lowest BCUT2D eigenvalue weighted by atomic mass is 10.2. The second-order valence-electron chi connectivity index (χ2n) is 3.96. The molecule has 0 unspecified atom stereocenters. The summed E-state index contributed by atoms with van der Waals surface area (Å²) in [6, 6.07) is 4.08. The third kappa shape index (κ3) is 3.13. The molecular formula is C11H12BrNO4S2. The molecule has 1 saturated heterocycles. The first-order chi connectivity index (χ1) is 8.93. The normalized spacial score (nSPS) is 17.3. The molecule has 0 amide bonds. The molecule has 0 aliphatic carbocycles. The van der Waals surface area contributed by atoms with Crippen LogP contribution in [0.5, 0.6) is 0 Å². The molecule has 1 N–H and O–H groups in total. The maximum Gasteiger partial charge on any atom is 0.336 e. The van der Waals surface area contributed by atoms with Gasteiger partial charge in [0, 0.05) is 29.1 Å². The second kappa shape index (κ2) is 5.82. The van der Waals surface area contributed by atoms with Gasteiger partial charge in [0.25, 0.3) is 0 Å². The number of halogens is 1. The summed E-state index contributed by atoms with van der Waals surface area (Å²) < 4.78 is 26.5. The standard InChI is InChI=1S/C11H12BrNO4S2/c12-10-2-1-8(7-9(10)11(14)15)19(16,17)13-3-5-18-6-4-13/h1-2,7H,3-6H2,(H,14,15). The molecule has 19 heavy (non-hydrogen) atoms. The quantitative estimate of drug-likeness (QED) is 0.884. The Kier molecular flexibility index (Phi) is 4.54. The van der Waals surface area contributed by atoms with Crippen molar-refractivity contribution in [2.75, 3.05) is 24.6 Å². The minimum Gasteiger partial charge on any atom is -0.478 e. The first-order valence-corrected chi connectivity index (χ1v) is 8.92. The zero-order chi connectivity index (χ0) is 14.0. The minimum absolute atomic E-state index is 0.0278. The molecule has 0 atom stereocenters. The van der Waals surface area contributed by atoms with Crippen LogP contribution < -0.4 is 0 Å². The van der Waals surface area contributed by atoms with Gasteiger partial charge in [0.05, 0.1) is 10.5 Å². The van der Waals surface area contributed by atoms with Crippen LogP contribution in [0.2, 0.25) is 0 Å². The summed E-state index contributed by atoms with van der Waals surface area (Å²) in [5, 5.41) is 9.02. The van der Waals surface area contributed by atoms with E-state index in [1.54, 1.807) is 11.8 Å². The monoisotopic (exact) mass is 365 g/mol. The summed E-state index contributed by atoms with van der Waals surface area (Å²) in [6.07, 6.45) is 0. The average Bonchev–Trinajstić information content (AvgIpc) is 2.39. The van der Waals surface area contributed by atoms with E-state index >= 15 is 0 Å². The van der Waals surface area contributed by atoms with Crippen molar-refractivity contribution in [1.29, 1.82) is 0 Å². The van der Waals surface area contributed by atoms with E-state index in [0.717, 1.165) is 11.5 Å². The molecular weight excluding hydrogens is 354 g/mol. The molecule has 1 aromatic rings. The van der Waals surface area contributed by atoms with Crippen molar-refractivity contribution in [3.05, 3.63) is 28.2 Å². The van der Waals surface area contributed by atoms with Crippen LogP contribution in [0.15, 0.2) is 27.6 Å². The Morgan fingerprint density at radius 3 is 2.53 bits per heavy atom. The van der Waals surface area contributed by atoms with Gasteiger partial charge in [-0.1, -0.05) is 0 Å². The van der Waals surface area contributed by atoms with Crippen molar-refractivity contribution in [2.24, 2.45) is 0 Å². The first kappa shape index (κ1) is 14.8. The van der Waals surface area contributed by atoms with E-state index in [2.05, 4.69) is 15.9 Å². The lowest BCUT2D eigenvalue weighted by Crippen LogP contribution is -2.37. The molecule has 0 aromatic heterocycles. The Morgan fingerprint density at radius 1 is 1.32 bits per heavy atom. The maximum absolute atomic E-state index is 12.4. The third-order valence-corrected chi connectivity index (χ3v) is 6.30. The maximum atomic E-state index is 12.4. The minimum atomic E-state index is -3.60. The molecule has 1 aliphatic heterocycles. The third-order valence-electron chi connectivity index (χ3n) is 2.78. The predicted molar refractivity (Wildman–Crippen MR) is 77.2 cm³/mol. The van der Waals surface area contributed by atoms with E-state index in [0.29, 0.717) is 17.6 Å². The first-order valence-electron chi connectivity index (χ1n) is 5.53. The van der Waals surface area contributed by atoms with Gasteiger partial charge in [-0.3, -0.25) is 0 Å². The zero-order valence-electron chi connectivity index (χ0n) is 9.87. The predicted octanol–water partition coefficient (Wildman–Crippen LogP) is 1.88. The zero-order valence-corrected chi connectivity index (χ0v) is 13.1. The topological polar surface area (TPSA) is 74.7 Å². The molecule has 1 fully saturated rings. The Bertz CT molecular complexity index is 597. The summed E-state index contributed by atoms with van der Waals surface area (Å²) in [7, 11) is -3.60. The van der Waals surface area contributed by atoms with Gasteiger partial charge in [-0.25, -0.2) is 13.2 Å². The van der Waals surface area contributed by atoms with Crippen molar-refractivity contribution in [3.8, 4) is 0 Å². The van der Waals surface area contributed by atoms with E-state index in [1.165, 1.54) is 22.5 Å². The average molecular weight is 366 g/mol. The van der Waals surface area contributed by atoms with E-state index in [1.807, 2.05) is 0 Å². The van der Waals surface area contributed by atoms with Crippen LogP contribution in [0, 0.1) is 0 Å². The molecule has 0 saturated carbocycles. The van der Waals surface area contributed by atoms with Crippen LogP contribution in [-0.2, 0) is 10.0 Å². The number of nitrogens with zero attached hydrogens (tertiary/aromatic N) is 1. The van der Waals surface area contributed by atoms with E-state index in [9.17, 15) is 13.2 Å². The molecule has 1 heterocycles. The molecule has 0 radical (unpaired) electrons. The number of carbonyl (C=O) groups is 1. The van der Waals surface area contributed by atoms with Gasteiger partial charge >= 0.3 is 5.97 Å².